The molecule has 0 unspecified atom stereocenters. The largest absolute Gasteiger partial charge is 0.469 e. The van der Waals surface area contributed by atoms with Crippen LogP contribution in [-0.2, 0) is 14.3 Å². The lowest BCUT2D eigenvalue weighted by molar-refractivity contribution is -0.140. The average Bonchev–Trinajstić information content (AvgIpc) is 3.06. The smallest absolute Gasteiger partial charge is 0.305 e. The van der Waals surface area contributed by atoms with Crippen LogP contribution in [0, 0.1) is 0 Å². The van der Waals surface area contributed by atoms with E-state index in [4.69, 9.17) is 4.74 Å². The Bertz CT molecular complexity index is 203. The van der Waals surface area contributed by atoms with Crippen molar-refractivity contribution < 1.29 is 14.3 Å². The fourth-order valence-corrected chi connectivity index (χ4v) is 2.04. The number of hydrogen-bond acceptors (Lipinski definition) is 3. The number of esters is 1. The molecule has 3 heteroatoms. The predicted octanol–water partition coefficient (Wildman–Crippen LogP) is 3.07. The molecule has 16 heavy (non-hydrogen) atoms. The minimum absolute atomic E-state index is 0.0860. The number of epoxide rings is 1. The van der Waals surface area contributed by atoms with E-state index in [0.717, 1.165) is 19.3 Å². The van der Waals surface area contributed by atoms with Crippen molar-refractivity contribution in [2.75, 3.05) is 7.11 Å². The molecular formula is C13H24O3. The number of hydrogen-bond donors (Lipinski definition) is 0. The van der Waals surface area contributed by atoms with E-state index in [1.54, 1.807) is 0 Å². The molecule has 0 aromatic rings. The third-order valence-electron chi connectivity index (χ3n) is 3.19. The number of methoxy groups -OCH3 is 1. The Kier molecular flexibility index (Phi) is 6.46. The van der Waals surface area contributed by atoms with E-state index in [-0.39, 0.29) is 5.97 Å². The topological polar surface area (TPSA) is 38.8 Å². The molecule has 0 saturated carbocycles. The van der Waals surface area contributed by atoms with Gasteiger partial charge in [-0.05, 0) is 19.3 Å². The van der Waals surface area contributed by atoms with Gasteiger partial charge in [0.2, 0.25) is 0 Å². The van der Waals surface area contributed by atoms with E-state index in [1.807, 2.05) is 0 Å². The van der Waals surface area contributed by atoms with Gasteiger partial charge in [0.05, 0.1) is 19.3 Å². The summed E-state index contributed by atoms with van der Waals surface area (Å²) >= 11 is 0. The maximum absolute atomic E-state index is 10.8. The van der Waals surface area contributed by atoms with Gasteiger partial charge in [-0.1, -0.05) is 32.6 Å². The van der Waals surface area contributed by atoms with Gasteiger partial charge in [-0.3, -0.25) is 4.79 Å². The van der Waals surface area contributed by atoms with Gasteiger partial charge in [0, 0.05) is 6.42 Å². The maximum atomic E-state index is 10.8. The first-order valence-corrected chi connectivity index (χ1v) is 6.50. The monoisotopic (exact) mass is 228 g/mol. The normalized spacial score (nSPS) is 23.1. The van der Waals surface area contributed by atoms with E-state index >= 15 is 0 Å². The Hall–Kier alpha value is -0.570. The number of ether oxygens (including phenoxy) is 2. The molecule has 1 saturated heterocycles. The molecule has 0 aromatic heterocycles. The van der Waals surface area contributed by atoms with E-state index in [2.05, 4.69) is 11.7 Å². The molecule has 0 amide bonds. The lowest BCUT2D eigenvalue weighted by Crippen LogP contribution is -1.99. The number of carbonyl (C=O) groups is 1. The fraction of sp³-hybridized carbons (Fsp3) is 0.923. The zero-order valence-electron chi connectivity index (χ0n) is 10.5. The van der Waals surface area contributed by atoms with Gasteiger partial charge in [-0.2, -0.15) is 0 Å². The zero-order chi connectivity index (χ0) is 11.8. The second kappa shape index (κ2) is 7.66. The maximum Gasteiger partial charge on any atom is 0.305 e. The van der Waals surface area contributed by atoms with Crippen LogP contribution in [0.1, 0.15) is 58.3 Å². The van der Waals surface area contributed by atoms with Crippen molar-refractivity contribution in [2.24, 2.45) is 0 Å². The molecule has 1 aliphatic heterocycles. The summed E-state index contributed by atoms with van der Waals surface area (Å²) in [6.07, 6.45) is 9.90. The van der Waals surface area contributed by atoms with Crippen LogP contribution in [0.3, 0.4) is 0 Å². The second-order valence-electron chi connectivity index (χ2n) is 4.50. The molecule has 1 heterocycles. The van der Waals surface area contributed by atoms with Crippen LogP contribution in [0.25, 0.3) is 0 Å². The summed E-state index contributed by atoms with van der Waals surface area (Å²) in [5, 5.41) is 0. The Morgan fingerprint density at radius 3 is 2.44 bits per heavy atom. The third kappa shape index (κ3) is 5.50. The number of carbonyl (C=O) groups excluding carboxylic acids is 1. The highest BCUT2D eigenvalue weighted by atomic mass is 16.6. The second-order valence-corrected chi connectivity index (χ2v) is 4.50. The van der Waals surface area contributed by atoms with Gasteiger partial charge in [0.1, 0.15) is 0 Å². The van der Waals surface area contributed by atoms with E-state index < -0.39 is 0 Å². The summed E-state index contributed by atoms with van der Waals surface area (Å²) in [5.74, 6) is -0.0860. The zero-order valence-corrected chi connectivity index (χ0v) is 10.5. The van der Waals surface area contributed by atoms with Crippen LogP contribution in [0.2, 0.25) is 0 Å². The Morgan fingerprint density at radius 1 is 1.12 bits per heavy atom. The molecule has 94 valence electrons. The molecule has 3 nitrogen and oxygen atoms in total. The highest BCUT2D eigenvalue weighted by Crippen LogP contribution is 2.29. The van der Waals surface area contributed by atoms with Gasteiger partial charge in [0.25, 0.3) is 0 Å². The van der Waals surface area contributed by atoms with Crippen LogP contribution in [0.5, 0.6) is 0 Å². The molecule has 0 aliphatic carbocycles. The quantitative estimate of drug-likeness (QED) is 0.346. The summed E-state index contributed by atoms with van der Waals surface area (Å²) in [4.78, 5) is 10.8. The molecule has 0 radical (unpaired) electrons. The van der Waals surface area contributed by atoms with Crippen LogP contribution in [0.15, 0.2) is 0 Å². The van der Waals surface area contributed by atoms with Crippen molar-refractivity contribution in [2.45, 2.75) is 70.5 Å². The molecule has 1 rings (SSSR count). The first kappa shape index (κ1) is 13.5. The van der Waals surface area contributed by atoms with Gasteiger partial charge >= 0.3 is 5.97 Å². The third-order valence-corrected chi connectivity index (χ3v) is 3.19. The van der Waals surface area contributed by atoms with Crippen molar-refractivity contribution in [3.8, 4) is 0 Å². The van der Waals surface area contributed by atoms with Crippen LogP contribution < -0.4 is 0 Å². The lowest BCUT2D eigenvalue weighted by atomic mass is 10.1. The molecule has 0 spiro atoms. The minimum atomic E-state index is -0.0860. The fourth-order valence-electron chi connectivity index (χ4n) is 2.04. The summed E-state index contributed by atoms with van der Waals surface area (Å²) in [6.45, 7) is 2.18. The first-order chi connectivity index (χ1) is 7.77. The van der Waals surface area contributed by atoms with Crippen molar-refractivity contribution in [1.29, 1.82) is 0 Å². The van der Waals surface area contributed by atoms with Gasteiger partial charge in [-0.15, -0.1) is 0 Å². The Balaban J connectivity index is 1.77. The van der Waals surface area contributed by atoms with Crippen molar-refractivity contribution in [3.05, 3.63) is 0 Å². The standard InChI is InChI=1S/C13H24O3/c1-3-11-12(16-11)9-7-5-4-6-8-10-13(14)15-2/h11-12H,3-10H2,1-2H3/t11-,12-/m0/s1. The van der Waals surface area contributed by atoms with E-state index in [1.165, 1.54) is 32.8 Å². The summed E-state index contributed by atoms with van der Waals surface area (Å²) in [7, 11) is 1.45. The van der Waals surface area contributed by atoms with Crippen molar-refractivity contribution in [1.82, 2.24) is 0 Å². The summed E-state index contributed by atoms with van der Waals surface area (Å²) in [6, 6.07) is 0. The highest BCUT2D eigenvalue weighted by Gasteiger charge is 2.35. The van der Waals surface area contributed by atoms with Crippen molar-refractivity contribution >= 4 is 5.97 Å². The molecule has 2 atom stereocenters. The van der Waals surface area contributed by atoms with Crippen LogP contribution >= 0.6 is 0 Å². The Labute approximate surface area is 98.5 Å². The van der Waals surface area contributed by atoms with E-state index in [0.29, 0.717) is 18.6 Å². The first-order valence-electron chi connectivity index (χ1n) is 6.50. The SMILES string of the molecule is CC[C@@H]1O[C@H]1CCCCCCCC(=O)OC. The minimum Gasteiger partial charge on any atom is -0.469 e. The molecule has 1 fully saturated rings. The molecular weight excluding hydrogens is 204 g/mol. The molecule has 1 aliphatic rings. The molecule has 0 aromatic carbocycles. The Morgan fingerprint density at radius 2 is 1.81 bits per heavy atom. The van der Waals surface area contributed by atoms with Crippen molar-refractivity contribution in [3.63, 3.8) is 0 Å². The number of rotatable bonds is 9. The average molecular weight is 228 g/mol. The van der Waals surface area contributed by atoms with Crippen LogP contribution in [-0.4, -0.2) is 25.3 Å². The van der Waals surface area contributed by atoms with E-state index in [9.17, 15) is 4.79 Å². The molecule has 0 bridgehead atoms. The van der Waals surface area contributed by atoms with Gasteiger partial charge in [-0.25, -0.2) is 0 Å². The van der Waals surface area contributed by atoms with Gasteiger partial charge in [0.15, 0.2) is 0 Å². The summed E-state index contributed by atoms with van der Waals surface area (Å²) in [5.41, 5.74) is 0. The van der Waals surface area contributed by atoms with Crippen LogP contribution in [0.4, 0.5) is 0 Å². The lowest BCUT2D eigenvalue weighted by Gasteiger charge is -2.00. The molecule has 0 N–H and O–H groups in total. The highest BCUT2D eigenvalue weighted by molar-refractivity contribution is 5.68. The number of unbranched alkanes of at least 4 members (excludes halogenated alkanes) is 4. The summed E-state index contributed by atoms with van der Waals surface area (Å²) < 4.78 is 10.1. The predicted molar refractivity (Wildman–Crippen MR) is 63.3 cm³/mol. The van der Waals surface area contributed by atoms with Gasteiger partial charge < -0.3 is 9.47 Å².